The van der Waals surface area contributed by atoms with Gasteiger partial charge in [0.1, 0.15) is 5.75 Å². The molecule has 1 atom stereocenters. The molecule has 0 aromatic heterocycles. The number of carbonyl (C=O) groups is 1. The number of hydrogen-bond acceptors (Lipinski definition) is 3. The highest BCUT2D eigenvalue weighted by Gasteiger charge is 2.05. The normalized spacial score (nSPS) is 11.7. The lowest BCUT2D eigenvalue weighted by Gasteiger charge is -2.12. The van der Waals surface area contributed by atoms with E-state index in [1.807, 2.05) is 6.92 Å². The van der Waals surface area contributed by atoms with E-state index in [9.17, 15) is 4.79 Å². The molecule has 0 aliphatic heterocycles. The summed E-state index contributed by atoms with van der Waals surface area (Å²) in [4.78, 5) is 11.4. The number of aliphatic hydroxyl groups is 1. The van der Waals surface area contributed by atoms with E-state index in [4.69, 9.17) is 9.84 Å². The summed E-state index contributed by atoms with van der Waals surface area (Å²) in [6, 6.07) is 6.49. The molecule has 0 saturated heterocycles. The third-order valence-corrected chi connectivity index (χ3v) is 2.07. The van der Waals surface area contributed by atoms with Gasteiger partial charge >= 0.3 is 6.03 Å². The van der Waals surface area contributed by atoms with Crippen LogP contribution >= 0.6 is 0 Å². The second-order valence-electron chi connectivity index (χ2n) is 3.64. The largest absolute Gasteiger partial charge is 0.494 e. The van der Waals surface area contributed by atoms with Gasteiger partial charge < -0.3 is 20.5 Å². The van der Waals surface area contributed by atoms with Crippen LogP contribution in [0.2, 0.25) is 0 Å². The van der Waals surface area contributed by atoms with Gasteiger partial charge in [0.2, 0.25) is 0 Å². The van der Waals surface area contributed by atoms with Crippen molar-refractivity contribution in [3.05, 3.63) is 24.3 Å². The van der Waals surface area contributed by atoms with Crippen LogP contribution in [-0.2, 0) is 0 Å². The SMILES string of the molecule is CCOc1ccc(NC(=O)NC(C)CO)cc1. The van der Waals surface area contributed by atoms with E-state index in [1.165, 1.54) is 0 Å². The Labute approximate surface area is 101 Å². The first-order valence-electron chi connectivity index (χ1n) is 5.57. The molecular formula is C12H18N2O3. The molecule has 3 N–H and O–H groups in total. The van der Waals surface area contributed by atoms with Crippen LogP contribution < -0.4 is 15.4 Å². The highest BCUT2D eigenvalue weighted by atomic mass is 16.5. The average molecular weight is 238 g/mol. The summed E-state index contributed by atoms with van der Waals surface area (Å²) in [5.74, 6) is 0.766. The van der Waals surface area contributed by atoms with E-state index in [2.05, 4.69) is 10.6 Å². The van der Waals surface area contributed by atoms with E-state index in [-0.39, 0.29) is 18.7 Å². The molecule has 0 bridgehead atoms. The molecule has 0 heterocycles. The molecule has 1 unspecified atom stereocenters. The third kappa shape index (κ3) is 4.74. The number of urea groups is 1. The Morgan fingerprint density at radius 1 is 1.41 bits per heavy atom. The van der Waals surface area contributed by atoms with Crippen molar-refractivity contribution in [1.82, 2.24) is 5.32 Å². The second-order valence-corrected chi connectivity index (χ2v) is 3.64. The molecule has 0 aliphatic carbocycles. The van der Waals surface area contributed by atoms with Gasteiger partial charge in [-0.15, -0.1) is 0 Å². The Bertz CT molecular complexity index is 351. The van der Waals surface area contributed by atoms with Gasteiger partial charge in [0.15, 0.2) is 0 Å². The summed E-state index contributed by atoms with van der Waals surface area (Å²) in [5, 5.41) is 14.0. The maximum Gasteiger partial charge on any atom is 0.319 e. The van der Waals surface area contributed by atoms with E-state index >= 15 is 0 Å². The predicted octanol–water partition coefficient (Wildman–Crippen LogP) is 1.59. The lowest BCUT2D eigenvalue weighted by Crippen LogP contribution is -2.38. The molecular weight excluding hydrogens is 220 g/mol. The van der Waals surface area contributed by atoms with Gasteiger partial charge in [-0.25, -0.2) is 4.79 Å². The van der Waals surface area contributed by atoms with Crippen LogP contribution in [0.3, 0.4) is 0 Å². The van der Waals surface area contributed by atoms with Crippen molar-refractivity contribution in [3.63, 3.8) is 0 Å². The Morgan fingerprint density at radius 3 is 2.59 bits per heavy atom. The number of nitrogens with one attached hydrogen (secondary N) is 2. The summed E-state index contributed by atoms with van der Waals surface area (Å²) in [5.41, 5.74) is 0.677. The zero-order chi connectivity index (χ0) is 12.7. The van der Waals surface area contributed by atoms with Crippen LogP contribution in [0.25, 0.3) is 0 Å². The van der Waals surface area contributed by atoms with Gasteiger partial charge in [-0.2, -0.15) is 0 Å². The van der Waals surface area contributed by atoms with Crippen LogP contribution in [0.1, 0.15) is 13.8 Å². The number of anilines is 1. The highest BCUT2D eigenvalue weighted by molar-refractivity contribution is 5.89. The standard InChI is InChI=1S/C12H18N2O3/c1-3-17-11-6-4-10(5-7-11)14-12(16)13-9(2)8-15/h4-7,9,15H,3,8H2,1-2H3,(H2,13,14,16). The molecule has 1 aromatic carbocycles. The number of carbonyl (C=O) groups excluding carboxylic acids is 1. The Morgan fingerprint density at radius 2 is 2.06 bits per heavy atom. The lowest BCUT2D eigenvalue weighted by atomic mass is 10.3. The number of amides is 2. The van der Waals surface area contributed by atoms with Gasteiger partial charge in [-0.05, 0) is 38.1 Å². The molecule has 1 rings (SSSR count). The third-order valence-electron chi connectivity index (χ3n) is 2.07. The van der Waals surface area contributed by atoms with Crippen molar-refractivity contribution >= 4 is 11.7 Å². The summed E-state index contributed by atoms with van der Waals surface area (Å²) in [6.07, 6.45) is 0. The molecule has 5 heteroatoms. The molecule has 94 valence electrons. The molecule has 0 saturated carbocycles. The van der Waals surface area contributed by atoms with Crippen LogP contribution in [0.5, 0.6) is 5.75 Å². The van der Waals surface area contributed by atoms with Crippen molar-refractivity contribution in [2.75, 3.05) is 18.5 Å². The smallest absolute Gasteiger partial charge is 0.319 e. The molecule has 0 aliphatic rings. The van der Waals surface area contributed by atoms with Crippen molar-refractivity contribution in [3.8, 4) is 5.75 Å². The topological polar surface area (TPSA) is 70.6 Å². The zero-order valence-corrected chi connectivity index (χ0v) is 10.1. The predicted molar refractivity (Wildman–Crippen MR) is 66.3 cm³/mol. The summed E-state index contributed by atoms with van der Waals surface area (Å²) in [6.45, 7) is 4.16. The van der Waals surface area contributed by atoms with Crippen molar-refractivity contribution in [2.24, 2.45) is 0 Å². The van der Waals surface area contributed by atoms with E-state index in [0.29, 0.717) is 12.3 Å². The van der Waals surface area contributed by atoms with E-state index in [1.54, 1.807) is 31.2 Å². The summed E-state index contributed by atoms with van der Waals surface area (Å²) >= 11 is 0. The Balaban J connectivity index is 2.48. The first-order chi connectivity index (χ1) is 8.15. The van der Waals surface area contributed by atoms with Gasteiger partial charge in [-0.3, -0.25) is 0 Å². The number of hydrogen-bond donors (Lipinski definition) is 3. The second kappa shape index (κ2) is 6.75. The first-order valence-corrected chi connectivity index (χ1v) is 5.57. The maximum absolute atomic E-state index is 11.4. The number of rotatable bonds is 5. The van der Waals surface area contributed by atoms with Gasteiger partial charge in [0.25, 0.3) is 0 Å². The Hall–Kier alpha value is -1.75. The summed E-state index contributed by atoms with van der Waals surface area (Å²) in [7, 11) is 0. The van der Waals surface area contributed by atoms with Gasteiger partial charge in [0.05, 0.1) is 19.3 Å². The number of benzene rings is 1. The van der Waals surface area contributed by atoms with E-state index in [0.717, 1.165) is 5.75 Å². The quantitative estimate of drug-likeness (QED) is 0.729. The molecule has 5 nitrogen and oxygen atoms in total. The minimum atomic E-state index is -0.337. The van der Waals surface area contributed by atoms with Crippen LogP contribution in [0.4, 0.5) is 10.5 Å². The van der Waals surface area contributed by atoms with Gasteiger partial charge in [-0.1, -0.05) is 0 Å². The van der Waals surface area contributed by atoms with Crippen LogP contribution in [0, 0.1) is 0 Å². The molecule has 0 radical (unpaired) electrons. The molecule has 17 heavy (non-hydrogen) atoms. The van der Waals surface area contributed by atoms with Gasteiger partial charge in [0, 0.05) is 5.69 Å². The number of aliphatic hydroxyl groups excluding tert-OH is 1. The number of ether oxygens (including phenoxy) is 1. The monoisotopic (exact) mass is 238 g/mol. The van der Waals surface area contributed by atoms with Crippen molar-refractivity contribution in [1.29, 1.82) is 0 Å². The fourth-order valence-corrected chi connectivity index (χ4v) is 1.24. The van der Waals surface area contributed by atoms with Crippen molar-refractivity contribution in [2.45, 2.75) is 19.9 Å². The minimum Gasteiger partial charge on any atom is -0.494 e. The average Bonchev–Trinajstić information content (AvgIpc) is 2.31. The zero-order valence-electron chi connectivity index (χ0n) is 10.1. The summed E-state index contributed by atoms with van der Waals surface area (Å²) < 4.78 is 5.29. The molecule has 2 amide bonds. The molecule has 0 fully saturated rings. The van der Waals surface area contributed by atoms with Crippen LogP contribution in [0.15, 0.2) is 24.3 Å². The first kappa shape index (κ1) is 13.3. The lowest BCUT2D eigenvalue weighted by molar-refractivity contribution is 0.229. The Kier molecular flexibility index (Phi) is 5.29. The molecule has 0 spiro atoms. The van der Waals surface area contributed by atoms with Crippen LogP contribution in [-0.4, -0.2) is 30.4 Å². The maximum atomic E-state index is 11.4. The van der Waals surface area contributed by atoms with E-state index < -0.39 is 0 Å². The van der Waals surface area contributed by atoms with Crippen molar-refractivity contribution < 1.29 is 14.6 Å². The minimum absolute atomic E-state index is 0.0866. The fraction of sp³-hybridized carbons (Fsp3) is 0.417. The fourth-order valence-electron chi connectivity index (χ4n) is 1.24. The molecule has 1 aromatic rings. The highest BCUT2D eigenvalue weighted by Crippen LogP contribution is 2.15.